The van der Waals surface area contributed by atoms with E-state index in [0.29, 0.717) is 18.8 Å². The number of carbonyl (C=O) groups is 1. The van der Waals surface area contributed by atoms with Crippen molar-refractivity contribution in [2.24, 2.45) is 0 Å². The normalized spacial score (nSPS) is 10.0. The van der Waals surface area contributed by atoms with Crippen molar-refractivity contribution in [1.82, 2.24) is 4.90 Å². The van der Waals surface area contributed by atoms with E-state index in [0.717, 1.165) is 6.42 Å². The molecule has 0 spiro atoms. The predicted molar refractivity (Wildman–Crippen MR) is 67.2 cm³/mol. The maximum Gasteiger partial charge on any atom is 0.257 e. The molecule has 0 saturated heterocycles. The Labute approximate surface area is 101 Å². The van der Waals surface area contributed by atoms with Crippen LogP contribution in [0.25, 0.3) is 0 Å². The third kappa shape index (κ3) is 3.31. The summed E-state index contributed by atoms with van der Waals surface area (Å²) < 4.78 is 13.5. The molecule has 4 heteroatoms. The predicted octanol–water partition coefficient (Wildman–Crippen LogP) is 2.45. The van der Waals surface area contributed by atoms with E-state index in [4.69, 9.17) is 5.73 Å². The van der Waals surface area contributed by atoms with Crippen LogP contribution in [0.2, 0.25) is 0 Å². The molecule has 0 aliphatic carbocycles. The Hall–Kier alpha value is -1.84. The summed E-state index contributed by atoms with van der Waals surface area (Å²) in [6, 6.07) is 4.01. The number of halogens is 1. The average Bonchev–Trinajstić information content (AvgIpc) is 2.31. The van der Waals surface area contributed by atoms with Gasteiger partial charge < -0.3 is 10.6 Å². The number of nitrogen functional groups attached to an aromatic ring is 1. The van der Waals surface area contributed by atoms with Crippen molar-refractivity contribution in [3.05, 3.63) is 42.2 Å². The van der Waals surface area contributed by atoms with Gasteiger partial charge in [0.05, 0.1) is 5.56 Å². The largest absolute Gasteiger partial charge is 0.399 e. The van der Waals surface area contributed by atoms with Crippen LogP contribution < -0.4 is 5.73 Å². The second kappa shape index (κ2) is 6.03. The molecule has 0 unspecified atom stereocenters. The lowest BCUT2D eigenvalue weighted by Gasteiger charge is -2.20. The van der Waals surface area contributed by atoms with Crippen molar-refractivity contribution in [2.45, 2.75) is 13.3 Å². The highest BCUT2D eigenvalue weighted by atomic mass is 19.1. The summed E-state index contributed by atoms with van der Waals surface area (Å²) in [6.07, 6.45) is 2.43. The van der Waals surface area contributed by atoms with Crippen molar-refractivity contribution < 1.29 is 9.18 Å². The van der Waals surface area contributed by atoms with Crippen LogP contribution >= 0.6 is 0 Å². The van der Waals surface area contributed by atoms with Crippen LogP contribution in [-0.2, 0) is 0 Å². The van der Waals surface area contributed by atoms with Gasteiger partial charge in [0.2, 0.25) is 0 Å². The molecule has 0 aromatic heterocycles. The van der Waals surface area contributed by atoms with Crippen LogP contribution in [-0.4, -0.2) is 23.9 Å². The first kappa shape index (κ1) is 13.2. The van der Waals surface area contributed by atoms with Gasteiger partial charge in [-0.15, -0.1) is 6.58 Å². The van der Waals surface area contributed by atoms with Gasteiger partial charge in [0.1, 0.15) is 5.82 Å². The van der Waals surface area contributed by atoms with E-state index >= 15 is 0 Å². The SMILES string of the molecule is C=CCN(CCC)C(=O)c1cc(N)ccc1F. The lowest BCUT2D eigenvalue weighted by Crippen LogP contribution is -2.32. The monoisotopic (exact) mass is 236 g/mol. The van der Waals surface area contributed by atoms with Gasteiger partial charge in [0.25, 0.3) is 5.91 Å². The minimum Gasteiger partial charge on any atom is -0.399 e. The molecule has 0 radical (unpaired) electrons. The minimum absolute atomic E-state index is 0.0142. The fraction of sp³-hybridized carbons (Fsp3) is 0.308. The topological polar surface area (TPSA) is 46.3 Å². The molecular formula is C13H17FN2O. The number of hydrogen-bond acceptors (Lipinski definition) is 2. The maximum atomic E-state index is 13.5. The van der Waals surface area contributed by atoms with Crippen molar-refractivity contribution in [1.29, 1.82) is 0 Å². The third-order valence-corrected chi connectivity index (χ3v) is 2.35. The zero-order chi connectivity index (χ0) is 12.8. The number of carbonyl (C=O) groups excluding carboxylic acids is 1. The molecule has 3 nitrogen and oxygen atoms in total. The van der Waals surface area contributed by atoms with Crippen molar-refractivity contribution in [2.75, 3.05) is 18.8 Å². The van der Waals surface area contributed by atoms with E-state index in [9.17, 15) is 9.18 Å². The van der Waals surface area contributed by atoms with E-state index in [1.54, 1.807) is 11.0 Å². The average molecular weight is 236 g/mol. The quantitative estimate of drug-likeness (QED) is 0.630. The molecule has 0 aliphatic heterocycles. The third-order valence-electron chi connectivity index (χ3n) is 2.35. The Morgan fingerprint density at radius 1 is 1.59 bits per heavy atom. The number of hydrogen-bond donors (Lipinski definition) is 1. The van der Waals surface area contributed by atoms with Gasteiger partial charge in [-0.05, 0) is 24.6 Å². The fourth-order valence-corrected chi connectivity index (χ4v) is 1.58. The molecule has 0 heterocycles. The van der Waals surface area contributed by atoms with Crippen LogP contribution in [0.1, 0.15) is 23.7 Å². The van der Waals surface area contributed by atoms with Crippen LogP contribution in [0.5, 0.6) is 0 Å². The Morgan fingerprint density at radius 3 is 2.88 bits per heavy atom. The zero-order valence-corrected chi connectivity index (χ0v) is 9.95. The molecule has 0 atom stereocenters. The summed E-state index contributed by atoms with van der Waals surface area (Å²) in [5.41, 5.74) is 5.95. The lowest BCUT2D eigenvalue weighted by molar-refractivity contribution is 0.0769. The highest BCUT2D eigenvalue weighted by molar-refractivity contribution is 5.95. The van der Waals surface area contributed by atoms with E-state index < -0.39 is 5.82 Å². The van der Waals surface area contributed by atoms with Gasteiger partial charge in [0, 0.05) is 18.8 Å². The number of amides is 1. The van der Waals surface area contributed by atoms with Gasteiger partial charge in [0.15, 0.2) is 0 Å². The number of benzene rings is 1. The molecule has 1 rings (SSSR count). The Bertz CT molecular complexity index is 418. The van der Waals surface area contributed by atoms with E-state index in [2.05, 4.69) is 6.58 Å². The molecule has 1 amide bonds. The summed E-state index contributed by atoms with van der Waals surface area (Å²) in [5.74, 6) is -0.897. The van der Waals surface area contributed by atoms with E-state index in [1.165, 1.54) is 18.2 Å². The van der Waals surface area contributed by atoms with Gasteiger partial charge in [-0.2, -0.15) is 0 Å². The summed E-state index contributed by atoms with van der Waals surface area (Å²) in [6.45, 7) is 6.52. The van der Waals surface area contributed by atoms with E-state index in [-0.39, 0.29) is 11.5 Å². The van der Waals surface area contributed by atoms with Crippen molar-refractivity contribution >= 4 is 11.6 Å². The smallest absolute Gasteiger partial charge is 0.257 e. The minimum atomic E-state index is -0.547. The zero-order valence-electron chi connectivity index (χ0n) is 9.95. The molecule has 0 fully saturated rings. The fourth-order valence-electron chi connectivity index (χ4n) is 1.58. The lowest BCUT2D eigenvalue weighted by atomic mass is 10.1. The summed E-state index contributed by atoms with van der Waals surface area (Å²) >= 11 is 0. The standard InChI is InChI=1S/C13H17FN2O/c1-3-7-16(8-4-2)13(17)11-9-10(15)5-6-12(11)14/h3,5-6,9H,1,4,7-8,15H2,2H3. The van der Waals surface area contributed by atoms with Crippen molar-refractivity contribution in [3.8, 4) is 0 Å². The molecule has 92 valence electrons. The maximum absolute atomic E-state index is 13.5. The number of nitrogens with two attached hydrogens (primary N) is 1. The van der Waals surface area contributed by atoms with Crippen LogP contribution in [0.3, 0.4) is 0 Å². The Balaban J connectivity index is 2.99. The first-order valence-electron chi connectivity index (χ1n) is 5.55. The molecule has 0 bridgehead atoms. The number of rotatable bonds is 5. The molecule has 2 N–H and O–H groups in total. The van der Waals surface area contributed by atoms with Crippen LogP contribution in [0.4, 0.5) is 10.1 Å². The van der Waals surface area contributed by atoms with Gasteiger partial charge in [-0.1, -0.05) is 13.0 Å². The summed E-state index contributed by atoms with van der Waals surface area (Å²) in [4.78, 5) is 13.6. The van der Waals surface area contributed by atoms with Gasteiger partial charge in [-0.3, -0.25) is 4.79 Å². The molecule has 1 aromatic rings. The Kier molecular flexibility index (Phi) is 4.69. The molecule has 0 aliphatic rings. The van der Waals surface area contributed by atoms with Crippen LogP contribution in [0.15, 0.2) is 30.9 Å². The molecule has 0 saturated carbocycles. The second-order valence-corrected chi connectivity index (χ2v) is 3.78. The first-order chi connectivity index (χ1) is 8.10. The van der Waals surface area contributed by atoms with Gasteiger partial charge in [-0.25, -0.2) is 4.39 Å². The second-order valence-electron chi connectivity index (χ2n) is 3.78. The Morgan fingerprint density at radius 2 is 2.29 bits per heavy atom. The summed E-state index contributed by atoms with van der Waals surface area (Å²) in [7, 11) is 0. The molecule has 17 heavy (non-hydrogen) atoms. The van der Waals surface area contributed by atoms with Gasteiger partial charge >= 0.3 is 0 Å². The summed E-state index contributed by atoms with van der Waals surface area (Å²) in [5, 5.41) is 0. The van der Waals surface area contributed by atoms with E-state index in [1.807, 2.05) is 6.92 Å². The number of nitrogens with zero attached hydrogens (tertiary/aromatic N) is 1. The molecule has 1 aromatic carbocycles. The first-order valence-corrected chi connectivity index (χ1v) is 5.55. The molecular weight excluding hydrogens is 219 g/mol. The highest BCUT2D eigenvalue weighted by Crippen LogP contribution is 2.14. The number of anilines is 1. The van der Waals surface area contributed by atoms with Crippen molar-refractivity contribution in [3.63, 3.8) is 0 Å². The highest BCUT2D eigenvalue weighted by Gasteiger charge is 2.17. The van der Waals surface area contributed by atoms with Crippen LogP contribution in [0, 0.1) is 5.82 Å².